The topological polar surface area (TPSA) is 32.3 Å². The van der Waals surface area contributed by atoms with Crippen LogP contribution in [0.3, 0.4) is 0 Å². The number of thioether (sulfide) groups is 1. The highest BCUT2D eigenvalue weighted by atomic mass is 35.5. The van der Waals surface area contributed by atoms with E-state index in [1.165, 1.54) is 17.8 Å². The van der Waals surface area contributed by atoms with E-state index in [0.717, 1.165) is 23.4 Å². The van der Waals surface area contributed by atoms with Crippen LogP contribution in [0.2, 0.25) is 5.02 Å². The number of amides is 1. The number of carbonyl (C=O) groups is 1. The van der Waals surface area contributed by atoms with Gasteiger partial charge >= 0.3 is 6.18 Å². The molecule has 1 heterocycles. The molecule has 3 rings (SSSR count). The predicted molar refractivity (Wildman–Crippen MR) is 98.5 cm³/mol. The SMILES string of the molecule is CCSC1NC(=O)c2cc(C(F)(F)F)ccc2N1Cc1ccc(Cl)cc1. The summed E-state index contributed by atoms with van der Waals surface area (Å²) in [4.78, 5) is 14.3. The molecule has 2 aromatic carbocycles. The van der Waals surface area contributed by atoms with E-state index in [1.807, 2.05) is 24.0 Å². The van der Waals surface area contributed by atoms with Gasteiger partial charge in [0, 0.05) is 11.6 Å². The zero-order chi connectivity index (χ0) is 18.9. The molecular formula is C18H16ClF3N2OS. The minimum Gasteiger partial charge on any atom is -0.338 e. The monoisotopic (exact) mass is 400 g/mol. The molecule has 0 radical (unpaired) electrons. The van der Waals surface area contributed by atoms with Gasteiger partial charge in [0.1, 0.15) is 0 Å². The van der Waals surface area contributed by atoms with Crippen molar-refractivity contribution < 1.29 is 18.0 Å². The van der Waals surface area contributed by atoms with Crippen molar-refractivity contribution in [3.8, 4) is 0 Å². The van der Waals surface area contributed by atoms with Crippen LogP contribution in [0.4, 0.5) is 18.9 Å². The van der Waals surface area contributed by atoms with Crippen LogP contribution in [-0.2, 0) is 12.7 Å². The molecule has 1 aliphatic rings. The number of rotatable bonds is 4. The Kier molecular flexibility index (Phi) is 5.39. The van der Waals surface area contributed by atoms with Crippen LogP contribution in [0.1, 0.15) is 28.4 Å². The fraction of sp³-hybridized carbons (Fsp3) is 0.278. The maximum atomic E-state index is 13.0. The zero-order valence-corrected chi connectivity index (χ0v) is 15.4. The third kappa shape index (κ3) is 3.94. The summed E-state index contributed by atoms with van der Waals surface area (Å²) in [6.07, 6.45) is -4.49. The van der Waals surface area contributed by atoms with Crippen molar-refractivity contribution in [1.29, 1.82) is 0 Å². The highest BCUT2D eigenvalue weighted by Gasteiger charge is 2.36. The van der Waals surface area contributed by atoms with Gasteiger partial charge in [-0.1, -0.05) is 30.7 Å². The van der Waals surface area contributed by atoms with Gasteiger partial charge in [-0.05, 0) is 41.6 Å². The third-order valence-corrected chi connectivity index (χ3v) is 5.28. The van der Waals surface area contributed by atoms with Crippen LogP contribution >= 0.6 is 23.4 Å². The number of halogens is 4. The number of anilines is 1. The molecule has 8 heteroatoms. The summed E-state index contributed by atoms with van der Waals surface area (Å²) in [5.41, 5.74) is 0.273. The maximum Gasteiger partial charge on any atom is 0.416 e. The van der Waals surface area contributed by atoms with E-state index >= 15 is 0 Å². The summed E-state index contributed by atoms with van der Waals surface area (Å²) < 4.78 is 39.0. The standard InChI is InChI=1S/C18H16ClF3N2OS/c1-2-26-17-23-16(25)14-9-12(18(20,21)22)5-8-15(14)24(17)10-11-3-6-13(19)7-4-11/h3-9,17H,2,10H2,1H3,(H,23,25). The minimum absolute atomic E-state index is 0.0294. The molecule has 0 spiro atoms. The first-order valence-corrected chi connectivity index (χ1v) is 9.37. The van der Waals surface area contributed by atoms with Crippen LogP contribution < -0.4 is 10.2 Å². The number of fused-ring (bicyclic) bond motifs is 1. The van der Waals surface area contributed by atoms with Crippen LogP contribution in [0.5, 0.6) is 0 Å². The van der Waals surface area contributed by atoms with Gasteiger partial charge in [0.2, 0.25) is 0 Å². The van der Waals surface area contributed by atoms with Crippen molar-refractivity contribution in [2.45, 2.75) is 25.1 Å². The van der Waals surface area contributed by atoms with Gasteiger partial charge in [-0.15, -0.1) is 11.8 Å². The van der Waals surface area contributed by atoms with Gasteiger partial charge in [-0.3, -0.25) is 4.79 Å². The van der Waals surface area contributed by atoms with Crippen molar-refractivity contribution in [3.05, 3.63) is 64.2 Å². The molecule has 1 unspecified atom stereocenters. The van der Waals surface area contributed by atoms with E-state index in [2.05, 4.69) is 5.32 Å². The molecule has 2 aromatic rings. The molecule has 1 atom stereocenters. The minimum atomic E-state index is -4.49. The van der Waals surface area contributed by atoms with Crippen LogP contribution in [0.25, 0.3) is 0 Å². The molecule has 0 saturated heterocycles. The molecule has 0 saturated carbocycles. The second-order valence-electron chi connectivity index (χ2n) is 5.77. The lowest BCUT2D eigenvalue weighted by Crippen LogP contribution is -2.50. The summed E-state index contributed by atoms with van der Waals surface area (Å²) in [6.45, 7) is 2.40. The van der Waals surface area contributed by atoms with Gasteiger partial charge in [-0.2, -0.15) is 13.2 Å². The van der Waals surface area contributed by atoms with Crippen molar-refractivity contribution in [2.24, 2.45) is 0 Å². The zero-order valence-electron chi connectivity index (χ0n) is 13.8. The number of hydrogen-bond donors (Lipinski definition) is 1. The van der Waals surface area contributed by atoms with E-state index in [4.69, 9.17) is 11.6 Å². The lowest BCUT2D eigenvalue weighted by atomic mass is 10.0. The van der Waals surface area contributed by atoms with Crippen molar-refractivity contribution >= 4 is 35.0 Å². The van der Waals surface area contributed by atoms with Crippen molar-refractivity contribution in [1.82, 2.24) is 5.32 Å². The third-order valence-electron chi connectivity index (χ3n) is 4.01. The van der Waals surface area contributed by atoms with Gasteiger partial charge in [-0.25, -0.2) is 0 Å². The first-order valence-electron chi connectivity index (χ1n) is 7.94. The predicted octanol–water partition coefficient (Wildman–Crippen LogP) is 5.15. The van der Waals surface area contributed by atoms with Gasteiger partial charge in [0.05, 0.1) is 16.8 Å². The lowest BCUT2D eigenvalue weighted by Gasteiger charge is -2.38. The maximum absolute atomic E-state index is 13.0. The quantitative estimate of drug-likeness (QED) is 0.770. The lowest BCUT2D eigenvalue weighted by molar-refractivity contribution is -0.137. The molecule has 138 valence electrons. The highest BCUT2D eigenvalue weighted by molar-refractivity contribution is 7.99. The molecule has 26 heavy (non-hydrogen) atoms. The molecule has 3 nitrogen and oxygen atoms in total. The molecule has 1 N–H and O–H groups in total. The Morgan fingerprint density at radius 2 is 1.88 bits per heavy atom. The Hall–Kier alpha value is -1.86. The molecule has 0 aromatic heterocycles. The van der Waals surface area contributed by atoms with Crippen LogP contribution in [-0.4, -0.2) is 17.2 Å². The number of benzene rings is 2. The molecule has 0 bridgehead atoms. The fourth-order valence-corrected chi connectivity index (χ4v) is 3.78. The average Bonchev–Trinajstić information content (AvgIpc) is 2.59. The summed E-state index contributed by atoms with van der Waals surface area (Å²) in [5, 5.41) is 3.40. The molecule has 0 aliphatic carbocycles. The van der Waals surface area contributed by atoms with Crippen molar-refractivity contribution in [3.63, 3.8) is 0 Å². The Morgan fingerprint density at radius 1 is 1.19 bits per heavy atom. The first-order chi connectivity index (χ1) is 12.3. The van der Waals surface area contributed by atoms with E-state index in [1.54, 1.807) is 12.1 Å². The number of alkyl halides is 3. The summed E-state index contributed by atoms with van der Waals surface area (Å²) in [5.74, 6) is 0.252. The Labute approximate surface area is 158 Å². The van der Waals surface area contributed by atoms with Gasteiger partial charge in [0.15, 0.2) is 5.50 Å². The van der Waals surface area contributed by atoms with E-state index in [9.17, 15) is 18.0 Å². The normalized spacial score (nSPS) is 17.0. The van der Waals surface area contributed by atoms with Crippen LogP contribution in [0.15, 0.2) is 42.5 Å². The van der Waals surface area contributed by atoms with E-state index in [0.29, 0.717) is 17.3 Å². The number of hydrogen-bond acceptors (Lipinski definition) is 3. The second kappa shape index (κ2) is 7.40. The van der Waals surface area contributed by atoms with Gasteiger partial charge < -0.3 is 10.2 Å². The Morgan fingerprint density at radius 3 is 2.50 bits per heavy atom. The number of nitrogens with one attached hydrogen (secondary N) is 1. The fourth-order valence-electron chi connectivity index (χ4n) is 2.78. The van der Waals surface area contributed by atoms with Crippen molar-refractivity contribution in [2.75, 3.05) is 10.7 Å². The Balaban J connectivity index is 2.01. The average molecular weight is 401 g/mol. The smallest absolute Gasteiger partial charge is 0.338 e. The van der Waals surface area contributed by atoms with E-state index in [-0.39, 0.29) is 11.1 Å². The summed E-state index contributed by atoms with van der Waals surface area (Å²) in [6, 6.07) is 10.5. The molecule has 0 fully saturated rings. The molecule has 1 aliphatic heterocycles. The van der Waals surface area contributed by atoms with Gasteiger partial charge in [0.25, 0.3) is 5.91 Å². The highest BCUT2D eigenvalue weighted by Crippen LogP contribution is 2.37. The number of carbonyl (C=O) groups excluding carboxylic acids is 1. The summed E-state index contributed by atoms with van der Waals surface area (Å²) >= 11 is 7.42. The van der Waals surface area contributed by atoms with E-state index < -0.39 is 17.6 Å². The Bertz CT molecular complexity index is 811. The summed E-state index contributed by atoms with van der Waals surface area (Å²) in [7, 11) is 0. The van der Waals surface area contributed by atoms with Crippen LogP contribution in [0, 0.1) is 0 Å². The molecular weight excluding hydrogens is 385 g/mol. The largest absolute Gasteiger partial charge is 0.416 e. The molecule has 1 amide bonds. The second-order valence-corrected chi connectivity index (χ2v) is 7.56. The number of nitrogens with zero attached hydrogens (tertiary/aromatic N) is 1. The first kappa shape index (κ1) is 18.9.